The molecule has 1 heterocycles. The van der Waals surface area contributed by atoms with E-state index in [1.54, 1.807) is 31.2 Å². The summed E-state index contributed by atoms with van der Waals surface area (Å²) in [4.78, 5) is 3.76. The van der Waals surface area contributed by atoms with Gasteiger partial charge in [-0.3, -0.25) is 9.29 Å². The zero-order chi connectivity index (χ0) is 13.9. The molecule has 2 aromatic rings. The molecule has 2 rings (SSSR count). The van der Waals surface area contributed by atoms with Crippen molar-refractivity contribution in [2.24, 2.45) is 0 Å². The number of phenols is 1. The van der Waals surface area contributed by atoms with E-state index in [9.17, 15) is 13.5 Å². The van der Waals surface area contributed by atoms with Crippen molar-refractivity contribution in [3.8, 4) is 5.75 Å². The molecule has 0 saturated carbocycles. The normalized spacial score (nSPS) is 11.2. The van der Waals surface area contributed by atoms with E-state index in [2.05, 4.69) is 4.98 Å². The van der Waals surface area contributed by atoms with Gasteiger partial charge in [0.1, 0.15) is 10.6 Å². The van der Waals surface area contributed by atoms with Gasteiger partial charge < -0.3 is 5.11 Å². The van der Waals surface area contributed by atoms with Crippen molar-refractivity contribution in [2.75, 3.05) is 10.8 Å². The summed E-state index contributed by atoms with van der Waals surface area (Å²) in [6.07, 6.45) is 3.05. The molecule has 5 nitrogen and oxygen atoms in total. The quantitative estimate of drug-likeness (QED) is 0.928. The number of aromatic nitrogens is 1. The molecule has 1 aromatic heterocycles. The lowest BCUT2D eigenvalue weighted by molar-refractivity contribution is 0.458. The van der Waals surface area contributed by atoms with Crippen LogP contribution in [0.3, 0.4) is 0 Å². The van der Waals surface area contributed by atoms with E-state index < -0.39 is 10.0 Å². The van der Waals surface area contributed by atoms with Gasteiger partial charge in [-0.25, -0.2) is 8.42 Å². The molecule has 100 valence electrons. The van der Waals surface area contributed by atoms with Gasteiger partial charge in [0.25, 0.3) is 10.0 Å². The third-order valence-electron chi connectivity index (χ3n) is 2.67. The number of rotatable bonds is 4. The van der Waals surface area contributed by atoms with Gasteiger partial charge in [0, 0.05) is 18.9 Å². The monoisotopic (exact) mass is 278 g/mol. The minimum Gasteiger partial charge on any atom is -0.507 e. The molecular weight excluding hydrogens is 264 g/mol. The minimum absolute atomic E-state index is 0.103. The van der Waals surface area contributed by atoms with Crippen molar-refractivity contribution >= 4 is 15.7 Å². The van der Waals surface area contributed by atoms with Crippen molar-refractivity contribution in [1.29, 1.82) is 0 Å². The van der Waals surface area contributed by atoms with Crippen molar-refractivity contribution in [1.82, 2.24) is 4.98 Å². The van der Waals surface area contributed by atoms with Crippen LogP contribution in [0.4, 0.5) is 5.69 Å². The Morgan fingerprint density at radius 3 is 2.37 bits per heavy atom. The summed E-state index contributed by atoms with van der Waals surface area (Å²) < 4.78 is 26.3. The zero-order valence-electron chi connectivity index (χ0n) is 10.4. The Morgan fingerprint density at radius 2 is 1.79 bits per heavy atom. The second-order valence-electron chi connectivity index (χ2n) is 3.84. The largest absolute Gasteiger partial charge is 0.507 e. The molecule has 0 atom stereocenters. The van der Waals surface area contributed by atoms with Crippen LogP contribution in [0.15, 0.2) is 53.7 Å². The fraction of sp³-hybridized carbons (Fsp3) is 0.154. The van der Waals surface area contributed by atoms with Crippen molar-refractivity contribution in [2.45, 2.75) is 11.8 Å². The van der Waals surface area contributed by atoms with E-state index in [1.807, 2.05) is 0 Å². The summed E-state index contributed by atoms with van der Waals surface area (Å²) in [6.45, 7) is 2.00. The lowest BCUT2D eigenvalue weighted by atomic mass is 10.3. The van der Waals surface area contributed by atoms with Gasteiger partial charge in [0.2, 0.25) is 0 Å². The molecule has 0 fully saturated rings. The Kier molecular flexibility index (Phi) is 3.71. The first-order chi connectivity index (χ1) is 9.07. The maximum Gasteiger partial charge on any atom is 0.267 e. The topological polar surface area (TPSA) is 70.5 Å². The van der Waals surface area contributed by atoms with Crippen molar-refractivity contribution in [3.05, 3.63) is 48.8 Å². The second kappa shape index (κ2) is 5.27. The van der Waals surface area contributed by atoms with E-state index in [-0.39, 0.29) is 17.2 Å². The number of nitrogens with zero attached hydrogens (tertiary/aromatic N) is 2. The van der Waals surface area contributed by atoms with Crippen LogP contribution in [0.1, 0.15) is 6.92 Å². The van der Waals surface area contributed by atoms with E-state index in [0.29, 0.717) is 5.69 Å². The summed E-state index contributed by atoms with van der Waals surface area (Å²) in [5.74, 6) is -0.255. The molecule has 0 saturated heterocycles. The number of para-hydroxylation sites is 1. The molecule has 6 heteroatoms. The average molecular weight is 278 g/mol. The lowest BCUT2D eigenvalue weighted by Crippen LogP contribution is -2.30. The third-order valence-corrected chi connectivity index (χ3v) is 4.62. The van der Waals surface area contributed by atoms with Crippen LogP contribution in [0.25, 0.3) is 0 Å². The SMILES string of the molecule is CCN(c1ccncc1)S(=O)(=O)c1ccccc1O. The first-order valence-corrected chi connectivity index (χ1v) is 7.22. The van der Waals surface area contributed by atoms with Crippen LogP contribution in [0.5, 0.6) is 5.75 Å². The highest BCUT2D eigenvalue weighted by Gasteiger charge is 2.26. The maximum absolute atomic E-state index is 12.5. The van der Waals surface area contributed by atoms with E-state index in [4.69, 9.17) is 0 Å². The summed E-state index contributed by atoms with van der Waals surface area (Å²) in [7, 11) is -3.78. The number of benzene rings is 1. The highest BCUT2D eigenvalue weighted by atomic mass is 32.2. The predicted octanol–water partition coefficient (Wildman–Crippen LogP) is 2.00. The summed E-state index contributed by atoms with van der Waals surface area (Å²) >= 11 is 0. The lowest BCUT2D eigenvalue weighted by Gasteiger charge is -2.23. The number of sulfonamides is 1. The van der Waals surface area contributed by atoms with Crippen molar-refractivity contribution < 1.29 is 13.5 Å². The van der Waals surface area contributed by atoms with Crippen LogP contribution < -0.4 is 4.31 Å². The van der Waals surface area contributed by atoms with Crippen LogP contribution in [0, 0.1) is 0 Å². The van der Waals surface area contributed by atoms with Gasteiger partial charge in [-0.2, -0.15) is 0 Å². The molecule has 19 heavy (non-hydrogen) atoms. The number of hydrogen-bond acceptors (Lipinski definition) is 4. The standard InChI is InChI=1S/C13H14N2O3S/c1-2-15(11-7-9-14-10-8-11)19(17,18)13-6-4-3-5-12(13)16/h3-10,16H,2H2,1H3. The molecule has 0 unspecified atom stereocenters. The van der Waals surface area contributed by atoms with Gasteiger partial charge in [-0.1, -0.05) is 12.1 Å². The Morgan fingerprint density at radius 1 is 1.16 bits per heavy atom. The Bertz CT molecular complexity index is 657. The van der Waals surface area contributed by atoms with Crippen LogP contribution in [-0.2, 0) is 10.0 Å². The highest BCUT2D eigenvalue weighted by Crippen LogP contribution is 2.28. The molecule has 0 aliphatic heterocycles. The van der Waals surface area contributed by atoms with E-state index in [0.717, 1.165) is 0 Å². The molecule has 0 radical (unpaired) electrons. The van der Waals surface area contributed by atoms with Crippen LogP contribution in [0.2, 0.25) is 0 Å². The number of aromatic hydroxyl groups is 1. The molecule has 0 aliphatic rings. The van der Waals surface area contributed by atoms with E-state index >= 15 is 0 Å². The highest BCUT2D eigenvalue weighted by molar-refractivity contribution is 7.93. The maximum atomic E-state index is 12.5. The number of pyridine rings is 1. The molecule has 1 N–H and O–H groups in total. The summed E-state index contributed by atoms with van der Waals surface area (Å²) in [6, 6.07) is 9.12. The smallest absolute Gasteiger partial charge is 0.267 e. The molecule has 0 spiro atoms. The first-order valence-electron chi connectivity index (χ1n) is 5.78. The number of phenolic OH excluding ortho intramolecular Hbond substituents is 1. The average Bonchev–Trinajstić information content (AvgIpc) is 2.40. The van der Waals surface area contributed by atoms with Crippen LogP contribution in [-0.4, -0.2) is 25.1 Å². The Labute approximate surface area is 112 Å². The molecule has 0 amide bonds. The molecular formula is C13H14N2O3S. The predicted molar refractivity (Wildman–Crippen MR) is 72.5 cm³/mol. The molecule has 0 aliphatic carbocycles. The number of hydrogen-bond donors (Lipinski definition) is 1. The van der Waals surface area contributed by atoms with Crippen LogP contribution >= 0.6 is 0 Å². The zero-order valence-corrected chi connectivity index (χ0v) is 11.2. The van der Waals surface area contributed by atoms with Crippen molar-refractivity contribution in [3.63, 3.8) is 0 Å². The number of anilines is 1. The van der Waals surface area contributed by atoms with Gasteiger partial charge >= 0.3 is 0 Å². The molecule has 0 bridgehead atoms. The van der Waals surface area contributed by atoms with Gasteiger partial charge in [0.15, 0.2) is 0 Å². The minimum atomic E-state index is -3.78. The van der Waals surface area contributed by atoms with Gasteiger partial charge in [-0.05, 0) is 31.2 Å². The summed E-state index contributed by atoms with van der Waals surface area (Å²) in [5, 5.41) is 9.72. The van der Waals surface area contributed by atoms with E-state index in [1.165, 1.54) is 28.8 Å². The van der Waals surface area contributed by atoms with Gasteiger partial charge in [-0.15, -0.1) is 0 Å². The van der Waals surface area contributed by atoms with Gasteiger partial charge in [0.05, 0.1) is 5.69 Å². The fourth-order valence-corrected chi connectivity index (χ4v) is 3.36. The summed E-state index contributed by atoms with van der Waals surface area (Å²) in [5.41, 5.74) is 0.515. The first kappa shape index (κ1) is 13.4. The fourth-order valence-electron chi connectivity index (χ4n) is 1.80. The third kappa shape index (κ3) is 2.53. The molecule has 1 aromatic carbocycles. The second-order valence-corrected chi connectivity index (χ2v) is 5.67. The Balaban J connectivity index is 2.52. The Hall–Kier alpha value is -2.08.